The molecule has 1 heterocycles. The molecule has 2 saturated carbocycles. The molecule has 1 N–H and O–H groups in total. The highest BCUT2D eigenvalue weighted by atomic mass is 19.3. The van der Waals surface area contributed by atoms with Gasteiger partial charge in [-0.1, -0.05) is 17.7 Å². The van der Waals surface area contributed by atoms with Crippen LogP contribution < -0.4 is 5.32 Å². The van der Waals surface area contributed by atoms with Gasteiger partial charge in [0.1, 0.15) is 11.6 Å². The summed E-state index contributed by atoms with van der Waals surface area (Å²) >= 11 is 0. The van der Waals surface area contributed by atoms with E-state index in [0.717, 1.165) is 48.6 Å². The molecule has 2 aliphatic rings. The summed E-state index contributed by atoms with van der Waals surface area (Å²) in [6.07, 6.45) is 5.99. The van der Waals surface area contributed by atoms with Crippen LogP contribution in [0.1, 0.15) is 80.2 Å². The van der Waals surface area contributed by atoms with Crippen LogP contribution in [0, 0.1) is 19.8 Å². The zero-order chi connectivity index (χ0) is 22.0. The number of carbonyl (C=O) groups excluding carboxylic acids is 1. The minimum absolute atomic E-state index is 0.00774. The topological polar surface area (TPSA) is 59.8 Å². The average Bonchev–Trinajstić information content (AvgIpc) is 3.48. The number of aryl methyl sites for hydroxylation is 4. The first-order valence-corrected chi connectivity index (χ1v) is 11.5. The molecule has 4 rings (SSSR count). The van der Waals surface area contributed by atoms with Gasteiger partial charge in [-0.2, -0.15) is 0 Å². The molecule has 0 saturated heterocycles. The second-order valence-electron chi connectivity index (χ2n) is 9.34. The number of anilines is 1. The molecule has 0 bridgehead atoms. The molecule has 0 unspecified atom stereocenters. The molecular weight excluding hydrogens is 398 g/mol. The van der Waals surface area contributed by atoms with E-state index in [1.807, 2.05) is 26.0 Å². The Labute approximate surface area is 182 Å². The predicted molar refractivity (Wildman–Crippen MR) is 116 cm³/mol. The number of hydrogen-bond donors (Lipinski definition) is 1. The standard InChI is InChI=1S/C24H32F2N4O/c1-16-3-7-20(17(2)15-16)27-23(31)10-9-22-29-28-21(30(22)19-5-6-19)8-4-18-11-13-24(25,26)14-12-18/h3,7,15,18-19H,4-6,8-14H2,1-2H3,(H,27,31). The fourth-order valence-electron chi connectivity index (χ4n) is 4.57. The summed E-state index contributed by atoms with van der Waals surface area (Å²) in [5.41, 5.74) is 3.07. The van der Waals surface area contributed by atoms with Crippen molar-refractivity contribution in [1.29, 1.82) is 0 Å². The zero-order valence-electron chi connectivity index (χ0n) is 18.5. The summed E-state index contributed by atoms with van der Waals surface area (Å²) < 4.78 is 29.0. The average molecular weight is 431 g/mol. The SMILES string of the molecule is Cc1ccc(NC(=O)CCc2nnc(CCC3CCC(F)(F)CC3)n2C2CC2)c(C)c1. The maximum absolute atomic E-state index is 13.4. The van der Waals surface area contributed by atoms with Crippen LogP contribution in [0.3, 0.4) is 0 Å². The number of aromatic nitrogens is 3. The van der Waals surface area contributed by atoms with Gasteiger partial charge in [0.2, 0.25) is 11.8 Å². The van der Waals surface area contributed by atoms with E-state index in [1.54, 1.807) is 0 Å². The molecule has 2 aliphatic carbocycles. The van der Waals surface area contributed by atoms with Crippen LogP contribution in [-0.4, -0.2) is 26.6 Å². The smallest absolute Gasteiger partial charge is 0.248 e. The summed E-state index contributed by atoms with van der Waals surface area (Å²) in [5.74, 6) is -0.346. The molecule has 5 nitrogen and oxygen atoms in total. The molecule has 1 aromatic heterocycles. The lowest BCUT2D eigenvalue weighted by molar-refractivity contribution is -0.116. The minimum atomic E-state index is -2.48. The zero-order valence-corrected chi connectivity index (χ0v) is 18.5. The van der Waals surface area contributed by atoms with Gasteiger partial charge in [-0.05, 0) is 63.5 Å². The van der Waals surface area contributed by atoms with Crippen molar-refractivity contribution >= 4 is 11.6 Å². The Hall–Kier alpha value is -2.31. The number of nitrogens with zero attached hydrogens (tertiary/aromatic N) is 3. The third-order valence-corrected chi connectivity index (χ3v) is 6.59. The quantitative estimate of drug-likeness (QED) is 0.596. The second-order valence-corrected chi connectivity index (χ2v) is 9.34. The first-order valence-electron chi connectivity index (χ1n) is 11.5. The molecule has 2 aromatic rings. The summed E-state index contributed by atoms with van der Waals surface area (Å²) in [7, 11) is 0. The summed E-state index contributed by atoms with van der Waals surface area (Å²) in [4.78, 5) is 12.5. The van der Waals surface area contributed by atoms with Crippen LogP contribution in [0.15, 0.2) is 18.2 Å². The van der Waals surface area contributed by atoms with Crippen molar-refractivity contribution in [2.75, 3.05) is 5.32 Å². The van der Waals surface area contributed by atoms with Crippen molar-refractivity contribution in [3.8, 4) is 0 Å². The highest BCUT2D eigenvalue weighted by Gasteiger charge is 2.35. The third kappa shape index (κ3) is 5.69. The summed E-state index contributed by atoms with van der Waals surface area (Å²) in [6, 6.07) is 6.41. The first kappa shape index (κ1) is 21.9. The van der Waals surface area contributed by atoms with Gasteiger partial charge in [-0.3, -0.25) is 4.79 Å². The number of rotatable bonds is 8. The van der Waals surface area contributed by atoms with Crippen LogP contribution in [-0.2, 0) is 17.6 Å². The van der Waals surface area contributed by atoms with E-state index >= 15 is 0 Å². The van der Waals surface area contributed by atoms with E-state index in [-0.39, 0.29) is 18.7 Å². The monoisotopic (exact) mass is 430 g/mol. The van der Waals surface area contributed by atoms with Gasteiger partial charge in [-0.15, -0.1) is 10.2 Å². The number of alkyl halides is 2. The van der Waals surface area contributed by atoms with Crippen LogP contribution >= 0.6 is 0 Å². The van der Waals surface area contributed by atoms with Crippen molar-refractivity contribution in [1.82, 2.24) is 14.8 Å². The Morgan fingerprint density at radius 2 is 1.77 bits per heavy atom. The lowest BCUT2D eigenvalue weighted by atomic mass is 9.84. The molecule has 0 atom stereocenters. The molecule has 7 heteroatoms. The third-order valence-electron chi connectivity index (χ3n) is 6.59. The Balaban J connectivity index is 1.33. The Kier molecular flexibility index (Phi) is 6.39. The van der Waals surface area contributed by atoms with Gasteiger partial charge < -0.3 is 9.88 Å². The fourth-order valence-corrected chi connectivity index (χ4v) is 4.57. The van der Waals surface area contributed by atoms with E-state index in [0.29, 0.717) is 37.6 Å². The van der Waals surface area contributed by atoms with E-state index in [1.165, 1.54) is 5.56 Å². The largest absolute Gasteiger partial charge is 0.326 e. The van der Waals surface area contributed by atoms with Gasteiger partial charge in [0.15, 0.2) is 0 Å². The lowest BCUT2D eigenvalue weighted by Crippen LogP contribution is -2.25. The maximum atomic E-state index is 13.4. The summed E-state index contributed by atoms with van der Waals surface area (Å²) in [6.45, 7) is 4.02. The van der Waals surface area contributed by atoms with Gasteiger partial charge in [0.05, 0.1) is 0 Å². The van der Waals surface area contributed by atoms with Crippen LogP contribution in [0.5, 0.6) is 0 Å². The molecule has 168 valence electrons. The molecule has 31 heavy (non-hydrogen) atoms. The number of benzene rings is 1. The van der Waals surface area contributed by atoms with Crippen molar-refractivity contribution in [3.05, 3.63) is 41.0 Å². The van der Waals surface area contributed by atoms with E-state index in [9.17, 15) is 13.6 Å². The van der Waals surface area contributed by atoms with Crippen molar-refractivity contribution < 1.29 is 13.6 Å². The van der Waals surface area contributed by atoms with Gasteiger partial charge in [-0.25, -0.2) is 8.78 Å². The molecule has 2 fully saturated rings. The molecule has 0 spiro atoms. The molecular formula is C24H32F2N4O. The van der Waals surface area contributed by atoms with Gasteiger partial charge in [0.25, 0.3) is 0 Å². The van der Waals surface area contributed by atoms with E-state index in [2.05, 4.69) is 26.1 Å². The van der Waals surface area contributed by atoms with E-state index < -0.39 is 5.92 Å². The highest BCUT2D eigenvalue weighted by molar-refractivity contribution is 5.91. The normalized spacial score (nSPS) is 18.8. The van der Waals surface area contributed by atoms with Crippen LogP contribution in [0.4, 0.5) is 14.5 Å². The minimum Gasteiger partial charge on any atom is -0.326 e. The highest BCUT2D eigenvalue weighted by Crippen LogP contribution is 2.39. The number of amides is 1. The first-order chi connectivity index (χ1) is 14.8. The van der Waals surface area contributed by atoms with Crippen LogP contribution in [0.2, 0.25) is 0 Å². The van der Waals surface area contributed by atoms with Gasteiger partial charge in [0, 0.05) is 43.8 Å². The Bertz CT molecular complexity index is 926. The summed E-state index contributed by atoms with van der Waals surface area (Å²) in [5, 5.41) is 11.8. The van der Waals surface area contributed by atoms with Crippen molar-refractivity contribution in [3.63, 3.8) is 0 Å². The molecule has 1 amide bonds. The Morgan fingerprint density at radius 1 is 1.10 bits per heavy atom. The number of hydrogen-bond acceptors (Lipinski definition) is 3. The molecule has 0 aliphatic heterocycles. The van der Waals surface area contributed by atoms with Crippen molar-refractivity contribution in [2.45, 2.75) is 90.0 Å². The number of nitrogens with one attached hydrogen (secondary N) is 1. The Morgan fingerprint density at radius 3 is 2.42 bits per heavy atom. The van der Waals surface area contributed by atoms with Gasteiger partial charge >= 0.3 is 0 Å². The number of halogens is 2. The lowest BCUT2D eigenvalue weighted by Gasteiger charge is -2.28. The number of carbonyl (C=O) groups is 1. The fraction of sp³-hybridized carbons (Fsp3) is 0.625. The van der Waals surface area contributed by atoms with E-state index in [4.69, 9.17) is 0 Å². The van der Waals surface area contributed by atoms with Crippen LogP contribution in [0.25, 0.3) is 0 Å². The van der Waals surface area contributed by atoms with Crippen molar-refractivity contribution in [2.24, 2.45) is 5.92 Å². The maximum Gasteiger partial charge on any atom is 0.248 e. The molecule has 0 radical (unpaired) electrons. The molecule has 1 aromatic carbocycles. The predicted octanol–water partition coefficient (Wildman–Crippen LogP) is 5.56. The second kappa shape index (κ2) is 9.05.